The molecule has 0 unspecified atom stereocenters. The van der Waals surface area contributed by atoms with Crippen LogP contribution in [0.2, 0.25) is 0 Å². The van der Waals surface area contributed by atoms with Crippen LogP contribution in [0.4, 0.5) is 18.9 Å². The van der Waals surface area contributed by atoms with E-state index in [1.807, 2.05) is 0 Å². The molecule has 3 rings (SSSR count). The van der Waals surface area contributed by atoms with Gasteiger partial charge in [0.2, 0.25) is 0 Å². The Morgan fingerprint density at radius 1 is 1.30 bits per heavy atom. The van der Waals surface area contributed by atoms with Crippen molar-refractivity contribution in [2.45, 2.75) is 19.4 Å². The molecule has 0 atom stereocenters. The average Bonchev–Trinajstić information content (AvgIpc) is 2.38. The highest BCUT2D eigenvalue weighted by molar-refractivity contribution is 5.93. The topological polar surface area (TPSA) is 57.4 Å². The lowest BCUT2D eigenvalue weighted by atomic mass is 10.0. The van der Waals surface area contributed by atoms with Crippen LogP contribution in [0.5, 0.6) is 5.75 Å². The van der Waals surface area contributed by atoms with Crippen LogP contribution < -0.4 is 10.5 Å². The van der Waals surface area contributed by atoms with E-state index in [2.05, 4.69) is 9.72 Å². The molecule has 1 aromatic heterocycles. The highest BCUT2D eigenvalue weighted by atomic mass is 19.4. The molecular weight excluding hydrogens is 273 g/mol. The normalized spacial score (nSPS) is 15.2. The molecule has 0 aliphatic carbocycles. The first kappa shape index (κ1) is 13.0. The first-order valence-corrected chi connectivity index (χ1v) is 5.98. The van der Waals surface area contributed by atoms with Crippen LogP contribution in [-0.2, 0) is 17.8 Å². The third-order valence-electron chi connectivity index (χ3n) is 3.15. The van der Waals surface area contributed by atoms with Gasteiger partial charge in [0.25, 0.3) is 0 Å². The van der Waals surface area contributed by atoms with Crippen LogP contribution in [0.3, 0.4) is 0 Å². The monoisotopic (exact) mass is 284 g/mol. The Morgan fingerprint density at radius 3 is 2.85 bits per heavy atom. The van der Waals surface area contributed by atoms with Gasteiger partial charge in [-0.25, -0.2) is 0 Å². The number of anilines is 1. The summed E-state index contributed by atoms with van der Waals surface area (Å²) in [6, 6.07) is 3.95. The number of nitrogens with two attached hydrogens (primary N) is 1. The minimum Gasteiger partial charge on any atom is -0.406 e. The Morgan fingerprint density at radius 2 is 2.10 bits per heavy atom. The van der Waals surface area contributed by atoms with Gasteiger partial charge < -0.3 is 15.2 Å². The first-order valence-electron chi connectivity index (χ1n) is 5.98. The van der Waals surface area contributed by atoms with Crippen molar-refractivity contribution < 1.29 is 22.6 Å². The zero-order valence-corrected chi connectivity index (χ0v) is 10.3. The molecule has 0 saturated heterocycles. The quantitative estimate of drug-likeness (QED) is 0.874. The van der Waals surface area contributed by atoms with E-state index in [1.54, 1.807) is 0 Å². The van der Waals surface area contributed by atoms with E-state index in [4.69, 9.17) is 10.5 Å². The summed E-state index contributed by atoms with van der Waals surface area (Å²) in [5, 5.41) is 0.441. The molecule has 0 bridgehead atoms. The molecule has 0 radical (unpaired) electrons. The molecule has 106 valence electrons. The standard InChI is InChI=1S/C13H11F3N2O2/c14-13(15,16)20-7-1-2-10-8(5-7)12(17)9-6-19-4-3-11(9)18-10/h1-2,5H,3-4,6H2,(H2,17,18). The fraction of sp³-hybridized carbons (Fsp3) is 0.308. The van der Waals surface area contributed by atoms with Crippen LogP contribution in [0.15, 0.2) is 18.2 Å². The van der Waals surface area contributed by atoms with Gasteiger partial charge in [0.05, 0.1) is 24.4 Å². The van der Waals surface area contributed by atoms with Crippen molar-refractivity contribution in [3.63, 3.8) is 0 Å². The van der Waals surface area contributed by atoms with Crippen LogP contribution in [-0.4, -0.2) is 18.0 Å². The maximum Gasteiger partial charge on any atom is 0.573 e. The Bertz CT molecular complexity index is 671. The van der Waals surface area contributed by atoms with E-state index in [-0.39, 0.29) is 5.75 Å². The SMILES string of the molecule is Nc1c2c(nc3ccc(OC(F)(F)F)cc13)CCOC2. The fourth-order valence-electron chi connectivity index (χ4n) is 2.27. The van der Waals surface area contributed by atoms with E-state index >= 15 is 0 Å². The zero-order chi connectivity index (χ0) is 14.3. The number of aromatic nitrogens is 1. The number of benzene rings is 1. The van der Waals surface area contributed by atoms with Crippen molar-refractivity contribution >= 4 is 16.6 Å². The molecular formula is C13H11F3N2O2. The van der Waals surface area contributed by atoms with Crippen molar-refractivity contribution in [2.75, 3.05) is 12.3 Å². The third-order valence-corrected chi connectivity index (χ3v) is 3.15. The lowest BCUT2D eigenvalue weighted by molar-refractivity contribution is -0.274. The molecule has 20 heavy (non-hydrogen) atoms. The summed E-state index contributed by atoms with van der Waals surface area (Å²) in [5.74, 6) is -0.310. The smallest absolute Gasteiger partial charge is 0.406 e. The van der Waals surface area contributed by atoms with Gasteiger partial charge in [-0.2, -0.15) is 0 Å². The minimum absolute atomic E-state index is 0.310. The number of halogens is 3. The summed E-state index contributed by atoms with van der Waals surface area (Å²) >= 11 is 0. The van der Waals surface area contributed by atoms with E-state index in [0.717, 1.165) is 11.3 Å². The van der Waals surface area contributed by atoms with Crippen LogP contribution >= 0.6 is 0 Å². The number of ether oxygens (including phenoxy) is 2. The molecule has 2 heterocycles. The summed E-state index contributed by atoms with van der Waals surface area (Å²) in [6.07, 6.45) is -4.08. The second-order valence-corrected chi connectivity index (χ2v) is 4.48. The molecule has 0 fully saturated rings. The number of nitrogen functional groups attached to an aromatic ring is 1. The summed E-state index contributed by atoms with van der Waals surface area (Å²) in [7, 11) is 0. The average molecular weight is 284 g/mol. The van der Waals surface area contributed by atoms with Gasteiger partial charge in [0, 0.05) is 23.1 Å². The van der Waals surface area contributed by atoms with Crippen molar-refractivity contribution in [1.29, 1.82) is 0 Å². The predicted octanol–water partition coefficient (Wildman–Crippen LogP) is 2.79. The molecule has 0 saturated carbocycles. The second-order valence-electron chi connectivity index (χ2n) is 4.48. The van der Waals surface area contributed by atoms with Crippen molar-refractivity contribution in [1.82, 2.24) is 4.98 Å². The van der Waals surface area contributed by atoms with Gasteiger partial charge >= 0.3 is 6.36 Å². The van der Waals surface area contributed by atoms with Crippen LogP contribution in [0.1, 0.15) is 11.3 Å². The third kappa shape index (κ3) is 2.36. The van der Waals surface area contributed by atoms with Gasteiger partial charge in [-0.1, -0.05) is 0 Å². The maximum atomic E-state index is 12.2. The number of fused-ring (bicyclic) bond motifs is 2. The molecule has 2 aromatic rings. The number of alkyl halides is 3. The van der Waals surface area contributed by atoms with E-state index in [9.17, 15) is 13.2 Å². The molecule has 0 amide bonds. The Kier molecular flexibility index (Phi) is 2.93. The fourth-order valence-corrected chi connectivity index (χ4v) is 2.27. The van der Waals surface area contributed by atoms with Crippen LogP contribution in [0.25, 0.3) is 10.9 Å². The summed E-state index contributed by atoms with van der Waals surface area (Å²) in [4.78, 5) is 4.42. The number of hydrogen-bond acceptors (Lipinski definition) is 4. The number of pyridine rings is 1. The summed E-state index contributed by atoms with van der Waals surface area (Å²) < 4.78 is 45.9. The first-order chi connectivity index (χ1) is 9.44. The molecule has 2 N–H and O–H groups in total. The zero-order valence-electron chi connectivity index (χ0n) is 10.3. The van der Waals surface area contributed by atoms with Crippen molar-refractivity contribution in [3.8, 4) is 5.75 Å². The molecule has 1 aliphatic rings. The number of hydrogen-bond donors (Lipinski definition) is 1. The highest BCUT2D eigenvalue weighted by Gasteiger charge is 2.31. The maximum absolute atomic E-state index is 12.2. The van der Waals surface area contributed by atoms with Gasteiger partial charge in [-0.05, 0) is 18.2 Å². The largest absolute Gasteiger partial charge is 0.573 e. The second kappa shape index (κ2) is 4.52. The molecule has 7 heteroatoms. The predicted molar refractivity (Wildman–Crippen MR) is 66.2 cm³/mol. The Labute approximate surface area is 112 Å². The molecule has 1 aromatic carbocycles. The lowest BCUT2D eigenvalue weighted by Crippen LogP contribution is -2.17. The number of rotatable bonds is 1. The van der Waals surface area contributed by atoms with E-state index in [0.29, 0.717) is 36.2 Å². The summed E-state index contributed by atoms with van der Waals surface area (Å²) in [5.41, 5.74) is 8.55. The molecule has 1 aliphatic heterocycles. The lowest BCUT2D eigenvalue weighted by Gasteiger charge is -2.19. The molecule has 4 nitrogen and oxygen atoms in total. The van der Waals surface area contributed by atoms with Crippen molar-refractivity contribution in [2.24, 2.45) is 0 Å². The Hall–Kier alpha value is -2.02. The van der Waals surface area contributed by atoms with Crippen molar-refractivity contribution in [3.05, 3.63) is 29.5 Å². The highest BCUT2D eigenvalue weighted by Crippen LogP contribution is 2.32. The van der Waals surface area contributed by atoms with E-state index < -0.39 is 6.36 Å². The molecule has 0 spiro atoms. The van der Waals surface area contributed by atoms with Gasteiger partial charge in [-0.15, -0.1) is 13.2 Å². The van der Waals surface area contributed by atoms with Gasteiger partial charge in [0.15, 0.2) is 0 Å². The Balaban J connectivity index is 2.11. The summed E-state index contributed by atoms with van der Waals surface area (Å²) in [6.45, 7) is 0.897. The van der Waals surface area contributed by atoms with Crippen LogP contribution in [0, 0.1) is 0 Å². The minimum atomic E-state index is -4.73. The van der Waals surface area contributed by atoms with Gasteiger partial charge in [-0.3, -0.25) is 4.98 Å². The van der Waals surface area contributed by atoms with Gasteiger partial charge in [0.1, 0.15) is 5.75 Å². The number of nitrogens with zero attached hydrogens (tertiary/aromatic N) is 1. The van der Waals surface area contributed by atoms with E-state index in [1.165, 1.54) is 18.2 Å².